The van der Waals surface area contributed by atoms with Gasteiger partial charge in [0.15, 0.2) is 0 Å². The number of ether oxygens (including phenoxy) is 2. The van der Waals surface area contributed by atoms with Gasteiger partial charge < -0.3 is 14.8 Å². The summed E-state index contributed by atoms with van der Waals surface area (Å²) in [6.45, 7) is 2.25. The quantitative estimate of drug-likeness (QED) is 0.929. The van der Waals surface area contributed by atoms with Gasteiger partial charge >= 0.3 is 0 Å². The lowest BCUT2D eigenvalue weighted by Crippen LogP contribution is -2.32. The van der Waals surface area contributed by atoms with Gasteiger partial charge in [-0.3, -0.25) is 4.79 Å². The van der Waals surface area contributed by atoms with Crippen LogP contribution in [-0.4, -0.2) is 19.6 Å². The molecule has 1 aliphatic rings. The van der Waals surface area contributed by atoms with E-state index in [4.69, 9.17) is 21.1 Å². The number of hydrogen-bond acceptors (Lipinski definition) is 3. The molecule has 0 saturated heterocycles. The van der Waals surface area contributed by atoms with Crippen LogP contribution in [0, 0.1) is 12.8 Å². The zero-order valence-corrected chi connectivity index (χ0v) is 13.8. The van der Waals surface area contributed by atoms with Crippen molar-refractivity contribution in [3.63, 3.8) is 0 Å². The average Bonchev–Trinajstić information content (AvgIpc) is 2.57. The Labute approximate surface area is 140 Å². The molecule has 1 atom stereocenters. The van der Waals surface area contributed by atoms with Crippen molar-refractivity contribution in [1.29, 1.82) is 0 Å². The molecule has 2 aromatic rings. The molecular weight excluding hydrogens is 314 g/mol. The summed E-state index contributed by atoms with van der Waals surface area (Å²) in [5.74, 6) is 1.27. The van der Waals surface area contributed by atoms with E-state index in [0.29, 0.717) is 18.1 Å². The molecule has 0 fully saturated rings. The fourth-order valence-electron chi connectivity index (χ4n) is 2.64. The van der Waals surface area contributed by atoms with Gasteiger partial charge in [0.1, 0.15) is 18.1 Å². The molecule has 1 aliphatic heterocycles. The Bertz CT molecular complexity index is 745. The molecule has 1 amide bonds. The molecular formula is C18H18ClNO3. The van der Waals surface area contributed by atoms with Crippen molar-refractivity contribution in [2.75, 3.05) is 19.0 Å². The summed E-state index contributed by atoms with van der Waals surface area (Å²) in [5.41, 5.74) is 2.58. The van der Waals surface area contributed by atoms with Crippen LogP contribution in [0.15, 0.2) is 36.4 Å². The molecule has 2 aromatic carbocycles. The van der Waals surface area contributed by atoms with Crippen LogP contribution in [0.1, 0.15) is 11.1 Å². The second-order valence-corrected chi connectivity index (χ2v) is 5.99. The van der Waals surface area contributed by atoms with Crippen LogP contribution in [0.5, 0.6) is 11.5 Å². The van der Waals surface area contributed by atoms with E-state index < -0.39 is 0 Å². The molecule has 0 aliphatic carbocycles. The normalized spacial score (nSPS) is 16.2. The summed E-state index contributed by atoms with van der Waals surface area (Å²) in [5, 5.41) is 3.58. The summed E-state index contributed by atoms with van der Waals surface area (Å²) in [4.78, 5) is 12.5. The van der Waals surface area contributed by atoms with Crippen molar-refractivity contribution in [3.8, 4) is 11.5 Å². The van der Waals surface area contributed by atoms with Crippen molar-refractivity contribution in [2.24, 2.45) is 5.92 Å². The lowest BCUT2D eigenvalue weighted by atomic mass is 9.95. The smallest absolute Gasteiger partial charge is 0.231 e. The molecule has 0 saturated carbocycles. The van der Waals surface area contributed by atoms with Gasteiger partial charge in [0.25, 0.3) is 0 Å². The Kier molecular flexibility index (Phi) is 4.44. The van der Waals surface area contributed by atoms with Gasteiger partial charge in [-0.2, -0.15) is 0 Å². The first-order valence-corrected chi connectivity index (χ1v) is 7.82. The predicted octanol–water partition coefficient (Wildman–Crippen LogP) is 3.85. The zero-order chi connectivity index (χ0) is 16.4. The summed E-state index contributed by atoms with van der Waals surface area (Å²) in [6, 6.07) is 11.1. The Morgan fingerprint density at radius 3 is 2.96 bits per heavy atom. The Morgan fingerprint density at radius 1 is 1.35 bits per heavy atom. The third-order valence-corrected chi connectivity index (χ3v) is 4.48. The highest BCUT2D eigenvalue weighted by Crippen LogP contribution is 2.31. The molecule has 23 heavy (non-hydrogen) atoms. The van der Waals surface area contributed by atoms with Crippen molar-refractivity contribution in [3.05, 3.63) is 52.5 Å². The first-order valence-electron chi connectivity index (χ1n) is 7.44. The number of carbonyl (C=O) groups excluding carboxylic acids is 1. The Hall–Kier alpha value is -2.20. The number of methoxy groups -OCH3 is 1. The minimum absolute atomic E-state index is 0.0659. The molecule has 0 bridgehead atoms. The average molecular weight is 332 g/mol. The number of rotatable bonds is 3. The van der Waals surface area contributed by atoms with E-state index in [1.807, 2.05) is 37.3 Å². The van der Waals surface area contributed by atoms with Crippen molar-refractivity contribution < 1.29 is 14.3 Å². The zero-order valence-electron chi connectivity index (χ0n) is 13.1. The van der Waals surface area contributed by atoms with E-state index in [9.17, 15) is 4.79 Å². The minimum Gasteiger partial charge on any atom is -0.497 e. The predicted molar refractivity (Wildman–Crippen MR) is 90.5 cm³/mol. The molecule has 120 valence electrons. The highest BCUT2D eigenvalue weighted by molar-refractivity contribution is 6.31. The van der Waals surface area contributed by atoms with Gasteiger partial charge in [-0.05, 0) is 54.8 Å². The van der Waals surface area contributed by atoms with Crippen LogP contribution in [-0.2, 0) is 11.2 Å². The first-order chi connectivity index (χ1) is 11.1. The van der Waals surface area contributed by atoms with E-state index in [-0.39, 0.29) is 11.8 Å². The van der Waals surface area contributed by atoms with E-state index in [2.05, 4.69) is 5.32 Å². The SMILES string of the molecule is COc1ccc2c(c1)C[C@H](C(=O)Nc1cccc(Cl)c1C)CO2. The standard InChI is InChI=1S/C18H18ClNO3/c1-11-15(19)4-3-5-16(11)20-18(21)13-8-12-9-14(22-2)6-7-17(12)23-10-13/h3-7,9,13H,8,10H2,1-2H3,(H,20,21)/t13-/m0/s1. The number of halogens is 1. The lowest BCUT2D eigenvalue weighted by molar-refractivity contribution is -0.121. The number of carbonyl (C=O) groups is 1. The molecule has 1 N–H and O–H groups in total. The van der Waals surface area contributed by atoms with Gasteiger partial charge in [0.2, 0.25) is 5.91 Å². The summed E-state index contributed by atoms with van der Waals surface area (Å²) < 4.78 is 10.9. The van der Waals surface area contributed by atoms with Crippen LogP contribution in [0.4, 0.5) is 5.69 Å². The summed E-state index contributed by atoms with van der Waals surface area (Å²) in [7, 11) is 1.62. The maximum atomic E-state index is 12.5. The van der Waals surface area contributed by atoms with Gasteiger partial charge in [0, 0.05) is 10.7 Å². The maximum Gasteiger partial charge on any atom is 0.231 e. The maximum absolute atomic E-state index is 12.5. The lowest BCUT2D eigenvalue weighted by Gasteiger charge is -2.25. The molecule has 5 heteroatoms. The van der Waals surface area contributed by atoms with Crippen molar-refractivity contribution in [2.45, 2.75) is 13.3 Å². The van der Waals surface area contributed by atoms with E-state index in [1.54, 1.807) is 13.2 Å². The molecule has 0 radical (unpaired) electrons. The van der Waals surface area contributed by atoms with Crippen molar-refractivity contribution in [1.82, 2.24) is 0 Å². The second kappa shape index (κ2) is 6.50. The molecule has 0 aromatic heterocycles. The van der Waals surface area contributed by atoms with Crippen LogP contribution in [0.2, 0.25) is 5.02 Å². The number of nitrogens with one attached hydrogen (secondary N) is 1. The molecule has 1 heterocycles. The molecule has 4 nitrogen and oxygen atoms in total. The number of amides is 1. The first kappa shape index (κ1) is 15.7. The van der Waals surface area contributed by atoms with Crippen LogP contribution >= 0.6 is 11.6 Å². The highest BCUT2D eigenvalue weighted by Gasteiger charge is 2.26. The van der Waals surface area contributed by atoms with E-state index >= 15 is 0 Å². The van der Waals surface area contributed by atoms with Gasteiger partial charge in [-0.1, -0.05) is 17.7 Å². The largest absolute Gasteiger partial charge is 0.497 e. The van der Waals surface area contributed by atoms with E-state index in [0.717, 1.165) is 28.3 Å². The van der Waals surface area contributed by atoms with Gasteiger partial charge in [-0.15, -0.1) is 0 Å². The van der Waals surface area contributed by atoms with Crippen LogP contribution in [0.25, 0.3) is 0 Å². The molecule has 0 unspecified atom stereocenters. The Balaban J connectivity index is 1.75. The number of anilines is 1. The minimum atomic E-state index is -0.243. The fraction of sp³-hybridized carbons (Fsp3) is 0.278. The van der Waals surface area contributed by atoms with Crippen LogP contribution in [0.3, 0.4) is 0 Å². The van der Waals surface area contributed by atoms with Crippen LogP contribution < -0.4 is 14.8 Å². The number of fused-ring (bicyclic) bond motifs is 1. The fourth-order valence-corrected chi connectivity index (χ4v) is 2.82. The summed E-state index contributed by atoms with van der Waals surface area (Å²) >= 11 is 6.09. The van der Waals surface area contributed by atoms with E-state index in [1.165, 1.54) is 0 Å². The second-order valence-electron chi connectivity index (χ2n) is 5.59. The third-order valence-electron chi connectivity index (χ3n) is 4.07. The Morgan fingerprint density at radius 2 is 2.17 bits per heavy atom. The van der Waals surface area contributed by atoms with Crippen molar-refractivity contribution >= 4 is 23.2 Å². The number of hydrogen-bond donors (Lipinski definition) is 1. The topological polar surface area (TPSA) is 47.6 Å². The molecule has 0 spiro atoms. The van der Waals surface area contributed by atoms with Gasteiger partial charge in [-0.25, -0.2) is 0 Å². The van der Waals surface area contributed by atoms with Gasteiger partial charge in [0.05, 0.1) is 13.0 Å². The highest BCUT2D eigenvalue weighted by atomic mass is 35.5. The monoisotopic (exact) mass is 331 g/mol. The number of benzene rings is 2. The summed E-state index contributed by atoms with van der Waals surface area (Å²) in [6.07, 6.45) is 0.623. The molecule has 3 rings (SSSR count). The third kappa shape index (κ3) is 3.27.